The van der Waals surface area contributed by atoms with E-state index < -0.39 is 46.1 Å². The Labute approximate surface area is 124 Å². The lowest BCUT2D eigenvalue weighted by atomic mass is 9.58. The molecule has 122 valence electrons. The Hall–Kier alpha value is -1.63. The van der Waals surface area contributed by atoms with Crippen LogP contribution in [0.2, 0.25) is 0 Å². The van der Waals surface area contributed by atoms with Crippen LogP contribution in [0, 0.1) is 22.7 Å². The van der Waals surface area contributed by atoms with E-state index in [1.165, 1.54) is 41.5 Å². The zero-order chi connectivity index (χ0) is 17.4. The van der Waals surface area contributed by atoms with Crippen molar-refractivity contribution in [3.63, 3.8) is 0 Å². The van der Waals surface area contributed by atoms with Crippen molar-refractivity contribution in [3.8, 4) is 0 Å². The molecule has 7 nitrogen and oxygen atoms in total. The first-order valence-corrected chi connectivity index (χ1v) is 6.55. The van der Waals surface area contributed by atoms with Crippen LogP contribution in [-0.4, -0.2) is 38.8 Å². The molecule has 0 aromatic rings. The Morgan fingerprint density at radius 3 is 1.10 bits per heavy atom. The molecule has 0 amide bonds. The van der Waals surface area contributed by atoms with Gasteiger partial charge in [0, 0.05) is 0 Å². The molecule has 5 N–H and O–H groups in total. The van der Waals surface area contributed by atoms with Crippen molar-refractivity contribution in [1.82, 2.24) is 0 Å². The summed E-state index contributed by atoms with van der Waals surface area (Å²) in [5.41, 5.74) is 1.45. The Bertz CT molecular complexity index is 411. The summed E-state index contributed by atoms with van der Waals surface area (Å²) in [5.74, 6) is -7.62. The summed E-state index contributed by atoms with van der Waals surface area (Å²) in [5, 5.41) is 28.5. The van der Waals surface area contributed by atoms with Gasteiger partial charge in [-0.1, -0.05) is 41.5 Å². The van der Waals surface area contributed by atoms with E-state index in [4.69, 9.17) is 5.73 Å². The Kier molecular flexibility index (Phi) is 5.20. The van der Waals surface area contributed by atoms with Crippen LogP contribution in [0.3, 0.4) is 0 Å². The van der Waals surface area contributed by atoms with E-state index in [0.717, 1.165) is 0 Å². The molecular formula is C14H25NO6. The van der Waals surface area contributed by atoms with Crippen molar-refractivity contribution in [1.29, 1.82) is 0 Å². The summed E-state index contributed by atoms with van der Waals surface area (Å²) in [6.45, 7) is 9.15. The number of nitrogens with two attached hydrogens (primary N) is 1. The van der Waals surface area contributed by atoms with Crippen molar-refractivity contribution in [3.05, 3.63) is 0 Å². The lowest BCUT2D eigenvalue weighted by molar-refractivity contribution is -0.173. The minimum atomic E-state index is -2.44. The van der Waals surface area contributed by atoms with E-state index in [1.54, 1.807) is 0 Å². The van der Waals surface area contributed by atoms with Gasteiger partial charge in [0.25, 0.3) is 0 Å². The number of hydrogen-bond donors (Lipinski definition) is 4. The smallest absolute Gasteiger partial charge is 0.325 e. The minimum absolute atomic E-state index is 1.03. The van der Waals surface area contributed by atoms with E-state index in [-0.39, 0.29) is 0 Å². The molecule has 0 fully saturated rings. The molecule has 0 aromatic carbocycles. The average molecular weight is 303 g/mol. The van der Waals surface area contributed by atoms with Crippen LogP contribution < -0.4 is 5.73 Å². The van der Waals surface area contributed by atoms with Crippen LogP contribution in [0.15, 0.2) is 0 Å². The molecule has 2 atom stereocenters. The first-order chi connectivity index (χ1) is 9.07. The van der Waals surface area contributed by atoms with Crippen LogP contribution in [0.4, 0.5) is 0 Å². The van der Waals surface area contributed by atoms with Gasteiger partial charge in [-0.2, -0.15) is 0 Å². The number of carboxylic acid groups (broad SMARTS) is 3. The number of rotatable bonds is 5. The van der Waals surface area contributed by atoms with E-state index in [1.807, 2.05) is 0 Å². The largest absolute Gasteiger partial charge is 0.481 e. The topological polar surface area (TPSA) is 138 Å². The molecule has 21 heavy (non-hydrogen) atoms. The monoisotopic (exact) mass is 303 g/mol. The zero-order valence-electron chi connectivity index (χ0n) is 13.3. The van der Waals surface area contributed by atoms with Crippen molar-refractivity contribution in [2.45, 2.75) is 47.1 Å². The summed E-state index contributed by atoms with van der Waals surface area (Å²) < 4.78 is 0. The van der Waals surface area contributed by atoms with Crippen molar-refractivity contribution in [2.75, 3.05) is 0 Å². The van der Waals surface area contributed by atoms with Gasteiger partial charge in [0.1, 0.15) is 5.54 Å². The van der Waals surface area contributed by atoms with Gasteiger partial charge in [-0.3, -0.25) is 14.4 Å². The van der Waals surface area contributed by atoms with Gasteiger partial charge in [-0.05, 0) is 10.8 Å². The highest BCUT2D eigenvalue weighted by Gasteiger charge is 2.61. The second-order valence-electron chi connectivity index (χ2n) is 7.51. The minimum Gasteiger partial charge on any atom is -0.481 e. The van der Waals surface area contributed by atoms with Gasteiger partial charge in [-0.15, -0.1) is 0 Å². The molecule has 0 rings (SSSR count). The molecule has 0 saturated carbocycles. The lowest BCUT2D eigenvalue weighted by Crippen LogP contribution is -2.68. The van der Waals surface area contributed by atoms with Crippen LogP contribution in [0.1, 0.15) is 41.5 Å². The predicted octanol–water partition coefficient (Wildman–Crippen LogP) is 1.26. The standard InChI is InChI=1S/C14H25NO6/c1-12(2,3)7(9(16)17)14(15,11(20)21)8(10(18)19)13(4,5)6/h7-8H,15H2,1-6H3,(H,16,17)(H,18,19)(H,20,21). The maximum absolute atomic E-state index is 11.8. The maximum atomic E-state index is 11.8. The molecule has 0 radical (unpaired) electrons. The summed E-state index contributed by atoms with van der Waals surface area (Å²) >= 11 is 0. The summed E-state index contributed by atoms with van der Waals surface area (Å²) in [6.07, 6.45) is 0. The fourth-order valence-electron chi connectivity index (χ4n) is 3.00. The Morgan fingerprint density at radius 1 is 0.762 bits per heavy atom. The van der Waals surface area contributed by atoms with Gasteiger partial charge in [0.05, 0.1) is 11.8 Å². The molecule has 0 spiro atoms. The number of carboxylic acids is 3. The molecule has 0 aliphatic rings. The average Bonchev–Trinajstić information content (AvgIpc) is 2.09. The number of aliphatic carboxylic acids is 3. The molecule has 0 aliphatic carbocycles. The van der Waals surface area contributed by atoms with E-state index in [2.05, 4.69) is 0 Å². The Morgan fingerprint density at radius 2 is 1.00 bits per heavy atom. The third-order valence-electron chi connectivity index (χ3n) is 3.55. The SMILES string of the molecule is CC(C)(C)C(C(=O)O)C(N)(C(=O)O)C(C(=O)O)C(C)(C)C. The quantitative estimate of drug-likeness (QED) is 0.599. The second kappa shape index (κ2) is 5.63. The second-order valence-corrected chi connectivity index (χ2v) is 7.51. The van der Waals surface area contributed by atoms with Gasteiger partial charge in [-0.25, -0.2) is 0 Å². The van der Waals surface area contributed by atoms with Gasteiger partial charge in [0.15, 0.2) is 0 Å². The van der Waals surface area contributed by atoms with E-state index in [9.17, 15) is 29.7 Å². The third-order valence-corrected chi connectivity index (χ3v) is 3.55. The van der Waals surface area contributed by atoms with Crippen LogP contribution in [0.5, 0.6) is 0 Å². The van der Waals surface area contributed by atoms with Crippen molar-refractivity contribution < 1.29 is 29.7 Å². The van der Waals surface area contributed by atoms with Crippen LogP contribution >= 0.6 is 0 Å². The molecule has 0 aliphatic heterocycles. The van der Waals surface area contributed by atoms with Gasteiger partial charge >= 0.3 is 17.9 Å². The highest BCUT2D eigenvalue weighted by molar-refractivity contribution is 5.92. The van der Waals surface area contributed by atoms with Crippen LogP contribution in [0.25, 0.3) is 0 Å². The van der Waals surface area contributed by atoms with Gasteiger partial charge in [0.2, 0.25) is 0 Å². The predicted molar refractivity (Wildman–Crippen MR) is 75.7 cm³/mol. The summed E-state index contributed by atoms with van der Waals surface area (Å²) in [4.78, 5) is 35.0. The van der Waals surface area contributed by atoms with E-state index >= 15 is 0 Å². The van der Waals surface area contributed by atoms with E-state index in [0.29, 0.717) is 0 Å². The molecule has 0 saturated heterocycles. The van der Waals surface area contributed by atoms with Crippen molar-refractivity contribution in [2.24, 2.45) is 28.4 Å². The first-order valence-electron chi connectivity index (χ1n) is 6.55. The molecule has 7 heteroatoms. The summed E-state index contributed by atoms with van der Waals surface area (Å²) in [6, 6.07) is 0. The third kappa shape index (κ3) is 3.72. The Balaban J connectivity index is 6.45. The molecule has 0 aromatic heterocycles. The van der Waals surface area contributed by atoms with Crippen molar-refractivity contribution >= 4 is 17.9 Å². The van der Waals surface area contributed by atoms with Crippen LogP contribution in [-0.2, 0) is 14.4 Å². The fraction of sp³-hybridized carbons (Fsp3) is 0.786. The zero-order valence-corrected chi connectivity index (χ0v) is 13.3. The molecular weight excluding hydrogens is 278 g/mol. The first kappa shape index (κ1) is 19.4. The normalized spacial score (nSPS) is 18.4. The lowest BCUT2D eigenvalue weighted by Gasteiger charge is -2.46. The molecule has 2 unspecified atom stereocenters. The highest BCUT2D eigenvalue weighted by Crippen LogP contribution is 2.44. The number of carbonyl (C=O) groups is 3. The summed E-state index contributed by atoms with van der Waals surface area (Å²) in [7, 11) is 0. The highest BCUT2D eigenvalue weighted by atomic mass is 16.4. The maximum Gasteiger partial charge on any atom is 0.325 e. The molecule has 0 heterocycles. The van der Waals surface area contributed by atoms with Gasteiger partial charge < -0.3 is 21.1 Å². The number of hydrogen-bond acceptors (Lipinski definition) is 4. The molecule has 0 bridgehead atoms. The fourth-order valence-corrected chi connectivity index (χ4v) is 3.00.